The monoisotopic (exact) mass is 429 g/mol. The van der Waals surface area contributed by atoms with Crippen LogP contribution in [-0.4, -0.2) is 47.5 Å². The summed E-state index contributed by atoms with van der Waals surface area (Å²) >= 11 is 0. The first-order valence-electron chi connectivity index (χ1n) is 10.4. The maximum atomic E-state index is 13.0. The number of nitrogens with zero attached hydrogens (tertiary/aromatic N) is 2. The van der Waals surface area contributed by atoms with Crippen molar-refractivity contribution in [1.29, 1.82) is 0 Å². The van der Waals surface area contributed by atoms with Gasteiger partial charge in [-0.15, -0.1) is 0 Å². The Bertz CT molecular complexity index is 892. The van der Waals surface area contributed by atoms with E-state index in [1.165, 1.54) is 18.3 Å². The topological polar surface area (TPSA) is 134 Å². The maximum absolute atomic E-state index is 13.0. The van der Waals surface area contributed by atoms with Crippen LogP contribution in [0, 0.1) is 5.82 Å². The van der Waals surface area contributed by atoms with E-state index in [2.05, 4.69) is 31.2 Å². The van der Waals surface area contributed by atoms with E-state index >= 15 is 0 Å². The largest absolute Gasteiger partial charge is 0.369 e. The van der Waals surface area contributed by atoms with E-state index in [4.69, 9.17) is 5.73 Å². The molecular weight excluding hydrogens is 401 g/mol. The summed E-state index contributed by atoms with van der Waals surface area (Å²) in [6.45, 7) is 1.96. The SMILES string of the molecule is N[C@H]1CCCNc2nc(ncc2C(=O)NCc2ccc(F)cc2)NCCCCNC1=O. The summed E-state index contributed by atoms with van der Waals surface area (Å²) in [5.74, 6) is 0.0113. The van der Waals surface area contributed by atoms with E-state index in [1.54, 1.807) is 12.1 Å². The molecule has 10 heteroatoms. The Morgan fingerprint density at radius 1 is 1.10 bits per heavy atom. The molecule has 0 unspecified atom stereocenters. The zero-order valence-corrected chi connectivity index (χ0v) is 17.3. The van der Waals surface area contributed by atoms with Gasteiger partial charge in [0.25, 0.3) is 5.91 Å². The van der Waals surface area contributed by atoms with Gasteiger partial charge in [-0.05, 0) is 43.4 Å². The molecule has 0 saturated heterocycles. The van der Waals surface area contributed by atoms with Crippen molar-refractivity contribution in [2.24, 2.45) is 5.73 Å². The van der Waals surface area contributed by atoms with Crippen LogP contribution in [-0.2, 0) is 11.3 Å². The molecule has 3 rings (SSSR count). The first-order chi connectivity index (χ1) is 15.0. The molecule has 2 amide bonds. The Morgan fingerprint density at radius 3 is 2.58 bits per heavy atom. The van der Waals surface area contributed by atoms with Crippen LogP contribution in [0.2, 0.25) is 0 Å². The van der Waals surface area contributed by atoms with Crippen molar-refractivity contribution in [2.45, 2.75) is 38.3 Å². The van der Waals surface area contributed by atoms with Crippen molar-refractivity contribution >= 4 is 23.6 Å². The lowest BCUT2D eigenvalue weighted by molar-refractivity contribution is -0.122. The van der Waals surface area contributed by atoms with Crippen LogP contribution < -0.4 is 27.0 Å². The van der Waals surface area contributed by atoms with Gasteiger partial charge in [-0.3, -0.25) is 9.59 Å². The van der Waals surface area contributed by atoms with E-state index < -0.39 is 6.04 Å². The number of hydrogen-bond acceptors (Lipinski definition) is 7. The number of carbonyl (C=O) groups excluding carboxylic acids is 2. The van der Waals surface area contributed by atoms with E-state index in [9.17, 15) is 14.0 Å². The average Bonchev–Trinajstić information content (AvgIpc) is 2.78. The van der Waals surface area contributed by atoms with Crippen molar-refractivity contribution in [3.8, 4) is 0 Å². The minimum absolute atomic E-state index is 0.149. The number of hydrogen-bond donors (Lipinski definition) is 5. The molecule has 1 atom stereocenters. The first kappa shape index (κ1) is 22.4. The molecule has 166 valence electrons. The summed E-state index contributed by atoms with van der Waals surface area (Å²) in [4.78, 5) is 33.4. The van der Waals surface area contributed by atoms with Crippen LogP contribution in [0.5, 0.6) is 0 Å². The second-order valence-corrected chi connectivity index (χ2v) is 7.37. The summed E-state index contributed by atoms with van der Waals surface area (Å²) in [6, 6.07) is 5.36. The van der Waals surface area contributed by atoms with Crippen LogP contribution in [0.4, 0.5) is 16.2 Å². The molecule has 0 fully saturated rings. The number of carbonyl (C=O) groups is 2. The highest BCUT2D eigenvalue weighted by Gasteiger charge is 2.16. The fourth-order valence-corrected chi connectivity index (χ4v) is 3.10. The Labute approximate surface area is 180 Å². The number of nitrogens with two attached hydrogens (primary N) is 1. The molecule has 31 heavy (non-hydrogen) atoms. The third-order valence-corrected chi connectivity index (χ3v) is 4.91. The van der Waals surface area contributed by atoms with Crippen LogP contribution in [0.1, 0.15) is 41.6 Å². The lowest BCUT2D eigenvalue weighted by atomic mass is 10.1. The molecule has 1 aromatic heterocycles. The third kappa shape index (κ3) is 6.88. The van der Waals surface area contributed by atoms with Gasteiger partial charge in [0.2, 0.25) is 11.9 Å². The van der Waals surface area contributed by atoms with Gasteiger partial charge in [0, 0.05) is 32.4 Å². The van der Waals surface area contributed by atoms with Gasteiger partial charge in [0.1, 0.15) is 17.2 Å². The molecule has 2 bridgehead atoms. The predicted molar refractivity (Wildman–Crippen MR) is 116 cm³/mol. The molecule has 0 saturated carbocycles. The summed E-state index contributed by atoms with van der Waals surface area (Å²) in [5, 5.41) is 11.9. The molecule has 6 N–H and O–H groups in total. The molecule has 1 aliphatic heterocycles. The fourth-order valence-electron chi connectivity index (χ4n) is 3.10. The van der Waals surface area contributed by atoms with E-state index in [0.29, 0.717) is 49.8 Å². The quantitative estimate of drug-likeness (QED) is 0.498. The van der Waals surface area contributed by atoms with Crippen LogP contribution in [0.3, 0.4) is 0 Å². The normalized spacial score (nSPS) is 17.9. The van der Waals surface area contributed by atoms with Crippen LogP contribution >= 0.6 is 0 Å². The highest BCUT2D eigenvalue weighted by molar-refractivity contribution is 5.98. The van der Waals surface area contributed by atoms with Crippen molar-refractivity contribution < 1.29 is 14.0 Å². The van der Waals surface area contributed by atoms with Crippen molar-refractivity contribution in [3.05, 3.63) is 47.4 Å². The molecular formula is C21H28FN7O2. The zero-order valence-electron chi connectivity index (χ0n) is 17.3. The fraction of sp³-hybridized carbons (Fsp3) is 0.429. The Balaban J connectivity index is 1.68. The van der Waals surface area contributed by atoms with Gasteiger partial charge in [0.15, 0.2) is 0 Å². The zero-order chi connectivity index (χ0) is 22.1. The van der Waals surface area contributed by atoms with Gasteiger partial charge in [-0.25, -0.2) is 9.37 Å². The summed E-state index contributed by atoms with van der Waals surface area (Å²) in [5.41, 5.74) is 7.02. The van der Waals surface area contributed by atoms with E-state index in [-0.39, 0.29) is 24.2 Å². The number of fused-ring (bicyclic) bond motifs is 2. The molecule has 1 aromatic carbocycles. The lowest BCUT2D eigenvalue weighted by Gasteiger charge is -2.14. The van der Waals surface area contributed by atoms with Crippen molar-refractivity contribution in [2.75, 3.05) is 30.3 Å². The molecule has 2 aromatic rings. The Kier molecular flexibility index (Phi) is 8.11. The number of nitrogens with one attached hydrogen (secondary N) is 4. The first-order valence-corrected chi connectivity index (χ1v) is 10.4. The molecule has 0 aliphatic carbocycles. The van der Waals surface area contributed by atoms with Crippen LogP contribution in [0.25, 0.3) is 0 Å². The highest BCUT2D eigenvalue weighted by Crippen LogP contribution is 2.15. The predicted octanol–water partition coefficient (Wildman–Crippen LogP) is 1.39. The van der Waals surface area contributed by atoms with Gasteiger partial charge < -0.3 is 27.0 Å². The summed E-state index contributed by atoms with van der Waals surface area (Å²) < 4.78 is 13.0. The minimum Gasteiger partial charge on any atom is -0.369 e. The second-order valence-electron chi connectivity index (χ2n) is 7.37. The summed E-state index contributed by atoms with van der Waals surface area (Å²) in [7, 11) is 0. The number of halogens is 1. The van der Waals surface area contributed by atoms with E-state index in [0.717, 1.165) is 18.4 Å². The van der Waals surface area contributed by atoms with Crippen molar-refractivity contribution in [1.82, 2.24) is 20.6 Å². The number of anilines is 2. The smallest absolute Gasteiger partial charge is 0.256 e. The number of amides is 2. The molecule has 0 radical (unpaired) electrons. The van der Waals surface area contributed by atoms with E-state index in [1.807, 2.05) is 0 Å². The number of rotatable bonds is 3. The number of benzene rings is 1. The molecule has 1 aliphatic rings. The molecule has 9 nitrogen and oxygen atoms in total. The average molecular weight is 430 g/mol. The highest BCUT2D eigenvalue weighted by atomic mass is 19.1. The minimum atomic E-state index is -0.565. The Hall–Kier alpha value is -3.27. The second kappa shape index (κ2) is 11.2. The van der Waals surface area contributed by atoms with Crippen LogP contribution in [0.15, 0.2) is 30.5 Å². The molecule has 2 heterocycles. The van der Waals surface area contributed by atoms with Gasteiger partial charge in [-0.1, -0.05) is 12.1 Å². The standard InChI is InChI=1S/C21H28FN7O2/c22-15-7-5-14(6-8-15)12-27-19(30)16-13-28-21-26-10-2-1-9-25-20(31)17(23)4-3-11-24-18(16)29-21/h5-8,13,17H,1-4,9-12,23H2,(H,25,31)(H,27,30)(H2,24,26,28,29)/t17-/m0/s1. The van der Waals surface area contributed by atoms with Gasteiger partial charge >= 0.3 is 0 Å². The van der Waals surface area contributed by atoms with Gasteiger partial charge in [0.05, 0.1) is 6.04 Å². The lowest BCUT2D eigenvalue weighted by Crippen LogP contribution is -2.41. The van der Waals surface area contributed by atoms with Gasteiger partial charge in [-0.2, -0.15) is 4.98 Å². The Morgan fingerprint density at radius 2 is 1.81 bits per heavy atom. The maximum Gasteiger partial charge on any atom is 0.256 e. The number of aromatic nitrogens is 2. The molecule has 0 spiro atoms. The van der Waals surface area contributed by atoms with Crippen molar-refractivity contribution in [3.63, 3.8) is 0 Å². The summed E-state index contributed by atoms with van der Waals surface area (Å²) in [6.07, 6.45) is 4.26. The third-order valence-electron chi connectivity index (χ3n) is 4.91.